The van der Waals surface area contributed by atoms with E-state index in [9.17, 15) is 26.8 Å². The van der Waals surface area contributed by atoms with E-state index in [1.807, 2.05) is 6.08 Å². The van der Waals surface area contributed by atoms with Crippen LogP contribution < -0.4 is 5.32 Å². The molecule has 2 aliphatic heterocycles. The lowest BCUT2D eigenvalue weighted by Crippen LogP contribution is -2.50. The summed E-state index contributed by atoms with van der Waals surface area (Å²) in [5, 5.41) is 2.39. The van der Waals surface area contributed by atoms with Crippen molar-refractivity contribution in [3.05, 3.63) is 65.7 Å². The average Bonchev–Trinajstić information content (AvgIpc) is 3.33. The van der Waals surface area contributed by atoms with E-state index in [1.54, 1.807) is 17.0 Å². The predicted octanol–water partition coefficient (Wildman–Crippen LogP) is 2.82. The number of hydrogen-bond acceptors (Lipinski definition) is 4. The summed E-state index contributed by atoms with van der Waals surface area (Å²) in [6.45, 7) is -0.279. The van der Waals surface area contributed by atoms with Gasteiger partial charge in [-0.15, -0.1) is 0 Å². The second-order valence-corrected chi connectivity index (χ2v) is 9.60. The summed E-state index contributed by atoms with van der Waals surface area (Å²) < 4.78 is 53.0. The Hall–Kier alpha value is -3.27. The molecule has 2 bridgehead atoms. The Labute approximate surface area is 177 Å². The molecule has 5 rings (SSSR count). The SMILES string of the molecule is O=C(CN1C(=O)Nc2ccc(F)cc2S1(=O)=O)N1C[C@H]2C=C(c3ccc(F)cc3)[C@@H]1C2. The molecule has 0 unspecified atom stereocenters. The molecule has 0 aromatic heterocycles. The molecule has 1 aliphatic carbocycles. The van der Waals surface area contributed by atoms with Crippen molar-refractivity contribution in [3.63, 3.8) is 0 Å². The fraction of sp³-hybridized carbons (Fsp3) is 0.238. The molecule has 31 heavy (non-hydrogen) atoms. The monoisotopic (exact) mass is 445 g/mol. The van der Waals surface area contributed by atoms with E-state index in [1.165, 1.54) is 18.2 Å². The lowest BCUT2D eigenvalue weighted by molar-refractivity contribution is -0.131. The Morgan fingerprint density at radius 2 is 1.81 bits per heavy atom. The van der Waals surface area contributed by atoms with Crippen molar-refractivity contribution in [3.8, 4) is 0 Å². The molecule has 2 heterocycles. The van der Waals surface area contributed by atoms with Gasteiger partial charge in [0.05, 0.1) is 11.7 Å². The summed E-state index contributed by atoms with van der Waals surface area (Å²) in [6, 6.07) is 7.74. The van der Waals surface area contributed by atoms with Gasteiger partial charge in [-0.3, -0.25) is 4.79 Å². The molecule has 1 N–H and O–H groups in total. The fourth-order valence-electron chi connectivity index (χ4n) is 4.44. The highest BCUT2D eigenvalue weighted by molar-refractivity contribution is 7.90. The molecule has 0 radical (unpaired) electrons. The molecule has 160 valence electrons. The molecule has 0 saturated carbocycles. The van der Waals surface area contributed by atoms with Crippen LogP contribution in [0.4, 0.5) is 19.3 Å². The predicted molar refractivity (Wildman–Crippen MR) is 107 cm³/mol. The number of nitrogens with one attached hydrogen (secondary N) is 1. The standard InChI is InChI=1S/C21H17F2N3O4S/c22-14-3-1-13(2-4-14)16-7-12-8-18(16)25(10-12)20(27)11-26-21(28)24-17-6-5-15(23)9-19(17)31(26,29)30/h1-7,9,12,18H,8,10-11H2,(H,24,28)/t12-,18-/m0/s1. The zero-order valence-electron chi connectivity index (χ0n) is 16.1. The minimum absolute atomic E-state index is 0.0307. The molecular formula is C21H17F2N3O4S. The first-order chi connectivity index (χ1) is 14.7. The number of carbonyl (C=O) groups is 2. The number of benzene rings is 2. The Morgan fingerprint density at radius 3 is 2.52 bits per heavy atom. The van der Waals surface area contributed by atoms with Gasteiger partial charge in [-0.05, 0) is 53.8 Å². The first kappa shape index (κ1) is 19.7. The first-order valence-electron chi connectivity index (χ1n) is 9.64. The lowest BCUT2D eigenvalue weighted by atomic mass is 10.00. The number of anilines is 1. The van der Waals surface area contributed by atoms with Gasteiger partial charge in [0.15, 0.2) is 0 Å². The van der Waals surface area contributed by atoms with Crippen LogP contribution in [-0.2, 0) is 14.8 Å². The van der Waals surface area contributed by atoms with Gasteiger partial charge < -0.3 is 10.2 Å². The van der Waals surface area contributed by atoms with Crippen molar-refractivity contribution >= 4 is 33.2 Å². The van der Waals surface area contributed by atoms with Crippen LogP contribution in [0, 0.1) is 17.6 Å². The summed E-state index contributed by atoms with van der Waals surface area (Å²) >= 11 is 0. The van der Waals surface area contributed by atoms with Crippen LogP contribution in [0.2, 0.25) is 0 Å². The summed E-state index contributed by atoms with van der Waals surface area (Å²) in [5.74, 6) is -1.55. The number of likely N-dealkylation sites (tertiary alicyclic amines) is 1. The maximum atomic E-state index is 13.6. The number of hydrogen-bond donors (Lipinski definition) is 1. The van der Waals surface area contributed by atoms with Crippen LogP contribution in [0.25, 0.3) is 5.57 Å². The molecule has 1 saturated heterocycles. The number of halogens is 2. The Morgan fingerprint density at radius 1 is 1.10 bits per heavy atom. The second-order valence-electron chi connectivity index (χ2n) is 7.77. The molecule has 10 heteroatoms. The number of amides is 3. The first-order valence-corrected chi connectivity index (χ1v) is 11.1. The highest BCUT2D eigenvalue weighted by Gasteiger charge is 2.44. The third-order valence-electron chi connectivity index (χ3n) is 5.86. The van der Waals surface area contributed by atoms with Crippen LogP contribution in [0.15, 0.2) is 53.4 Å². The fourth-order valence-corrected chi connectivity index (χ4v) is 5.88. The summed E-state index contributed by atoms with van der Waals surface area (Å²) in [4.78, 5) is 26.6. The van der Waals surface area contributed by atoms with Gasteiger partial charge in [0.25, 0.3) is 10.0 Å². The highest BCUT2D eigenvalue weighted by Crippen LogP contribution is 2.42. The maximum Gasteiger partial charge on any atom is 0.336 e. The van der Waals surface area contributed by atoms with Gasteiger partial charge in [0.1, 0.15) is 23.1 Å². The molecule has 2 aromatic carbocycles. The molecule has 1 fully saturated rings. The van der Waals surface area contributed by atoms with Crippen LogP contribution in [-0.4, -0.2) is 48.7 Å². The summed E-state index contributed by atoms with van der Waals surface area (Å²) in [7, 11) is -4.39. The maximum absolute atomic E-state index is 13.6. The van der Waals surface area contributed by atoms with Gasteiger partial charge >= 0.3 is 6.03 Å². The molecule has 7 nitrogen and oxygen atoms in total. The minimum atomic E-state index is -4.39. The lowest BCUT2D eigenvalue weighted by Gasteiger charge is -2.33. The molecular weight excluding hydrogens is 428 g/mol. The van der Waals surface area contributed by atoms with Gasteiger partial charge in [0, 0.05) is 6.54 Å². The number of sulfonamides is 1. The third kappa shape index (κ3) is 3.18. The normalized spacial score (nSPS) is 23.4. The average molecular weight is 445 g/mol. The van der Waals surface area contributed by atoms with Crippen molar-refractivity contribution in [2.75, 3.05) is 18.4 Å². The highest BCUT2D eigenvalue weighted by atomic mass is 32.2. The number of fused-ring (bicyclic) bond motifs is 3. The van der Waals surface area contributed by atoms with Crippen molar-refractivity contribution in [1.29, 1.82) is 0 Å². The molecule has 2 aromatic rings. The number of carbonyl (C=O) groups excluding carboxylic acids is 2. The Bertz CT molecular complexity index is 1240. The van der Waals surface area contributed by atoms with Crippen molar-refractivity contribution in [1.82, 2.24) is 9.21 Å². The van der Waals surface area contributed by atoms with Gasteiger partial charge in [-0.2, -0.15) is 0 Å². The van der Waals surface area contributed by atoms with Crippen LogP contribution in [0.1, 0.15) is 12.0 Å². The summed E-state index contributed by atoms with van der Waals surface area (Å²) in [5.41, 5.74) is 1.64. The van der Waals surface area contributed by atoms with Gasteiger partial charge in [-0.25, -0.2) is 26.3 Å². The summed E-state index contributed by atoms with van der Waals surface area (Å²) in [6.07, 6.45) is 2.73. The zero-order valence-corrected chi connectivity index (χ0v) is 16.9. The van der Waals surface area contributed by atoms with Gasteiger partial charge in [0.2, 0.25) is 5.91 Å². The van der Waals surface area contributed by atoms with E-state index >= 15 is 0 Å². The van der Waals surface area contributed by atoms with E-state index in [2.05, 4.69) is 5.32 Å². The minimum Gasteiger partial charge on any atom is -0.333 e. The van der Waals surface area contributed by atoms with Crippen molar-refractivity contribution in [2.45, 2.75) is 17.4 Å². The number of rotatable bonds is 3. The van der Waals surface area contributed by atoms with Crippen LogP contribution >= 0.6 is 0 Å². The zero-order chi connectivity index (χ0) is 21.9. The molecule has 3 aliphatic rings. The number of nitrogens with zero attached hydrogens (tertiary/aromatic N) is 2. The molecule has 3 amide bonds. The topological polar surface area (TPSA) is 86.8 Å². The van der Waals surface area contributed by atoms with Gasteiger partial charge in [-0.1, -0.05) is 18.2 Å². The largest absolute Gasteiger partial charge is 0.336 e. The van der Waals surface area contributed by atoms with Crippen LogP contribution in [0.3, 0.4) is 0 Å². The van der Waals surface area contributed by atoms with Crippen molar-refractivity contribution < 1.29 is 26.8 Å². The molecule has 2 atom stereocenters. The Balaban J connectivity index is 1.39. The smallest absolute Gasteiger partial charge is 0.333 e. The van der Waals surface area contributed by atoms with Crippen molar-refractivity contribution in [2.24, 2.45) is 5.92 Å². The van der Waals surface area contributed by atoms with Crippen LogP contribution in [0.5, 0.6) is 0 Å². The van der Waals surface area contributed by atoms with E-state index in [4.69, 9.17) is 0 Å². The van der Waals surface area contributed by atoms with E-state index in [0.29, 0.717) is 17.3 Å². The second kappa shape index (κ2) is 6.88. The van der Waals surface area contributed by atoms with E-state index in [0.717, 1.165) is 23.3 Å². The third-order valence-corrected chi connectivity index (χ3v) is 7.63. The Kier molecular flexibility index (Phi) is 4.37. The van der Waals surface area contributed by atoms with E-state index < -0.39 is 39.2 Å². The quantitative estimate of drug-likeness (QED) is 0.787. The number of urea groups is 1. The molecule has 0 spiro atoms. The van der Waals surface area contributed by atoms with E-state index in [-0.39, 0.29) is 23.5 Å².